The molecule has 3 heteroatoms. The first-order valence-corrected chi connectivity index (χ1v) is 13.0. The third kappa shape index (κ3) is 3.44. The highest BCUT2D eigenvalue weighted by molar-refractivity contribution is 7.85. The van der Waals surface area contributed by atoms with Gasteiger partial charge in [0.25, 0.3) is 0 Å². The Bertz CT molecular complexity index is 1630. The summed E-state index contributed by atoms with van der Waals surface area (Å²) in [5.41, 5.74) is 3.16. The molecule has 2 nitrogen and oxygen atoms in total. The highest BCUT2D eigenvalue weighted by Gasteiger charge is 2.29. The summed E-state index contributed by atoms with van der Waals surface area (Å²) in [5.74, 6) is 0. The lowest BCUT2D eigenvalue weighted by atomic mass is 9.99. The molecule has 0 aliphatic heterocycles. The average molecular weight is 455 g/mol. The summed E-state index contributed by atoms with van der Waals surface area (Å²) in [4.78, 5) is 4.59. The van der Waals surface area contributed by atoms with Crippen molar-refractivity contribution in [2.45, 2.75) is 0 Å². The number of rotatable bonds is 4. The second-order valence-electron chi connectivity index (χ2n) is 8.41. The largest absolute Gasteiger partial charge is 0.309 e. The number of hydrogen-bond acceptors (Lipinski definition) is 2. The topological polar surface area (TPSA) is 30.0 Å². The second kappa shape index (κ2) is 8.41. The van der Waals surface area contributed by atoms with Crippen molar-refractivity contribution >= 4 is 44.7 Å². The third-order valence-corrected chi connectivity index (χ3v) is 9.43. The summed E-state index contributed by atoms with van der Waals surface area (Å²) in [6.45, 7) is 0. The minimum Gasteiger partial charge on any atom is -0.309 e. The Morgan fingerprint density at radius 3 is 1.88 bits per heavy atom. The summed E-state index contributed by atoms with van der Waals surface area (Å²) in [6, 6.07) is 42.6. The standard InChI is InChI=1S/C31H22NOP/c33-34(27-11-3-1-4-12-27,28-13-5-2-6-14-28)29-15-7-9-24(22-29)25-18-19-30-26(21-25)17-16-23-10-8-20-32-31(23)30/h1-22H. The smallest absolute Gasteiger partial charge is 0.171 e. The molecule has 0 spiro atoms. The van der Waals surface area contributed by atoms with Crippen LogP contribution in [0.1, 0.15) is 0 Å². The molecule has 0 aliphatic carbocycles. The van der Waals surface area contributed by atoms with Gasteiger partial charge >= 0.3 is 0 Å². The summed E-state index contributed by atoms with van der Waals surface area (Å²) >= 11 is 0. The molecule has 1 aromatic heterocycles. The van der Waals surface area contributed by atoms with Gasteiger partial charge in [-0.2, -0.15) is 0 Å². The van der Waals surface area contributed by atoms with Crippen LogP contribution in [0.25, 0.3) is 32.8 Å². The number of aromatic nitrogens is 1. The van der Waals surface area contributed by atoms with Crippen LogP contribution in [0, 0.1) is 0 Å². The van der Waals surface area contributed by atoms with Gasteiger partial charge in [-0.1, -0.05) is 109 Å². The molecule has 0 N–H and O–H groups in total. The molecule has 6 rings (SSSR count). The lowest BCUT2D eigenvalue weighted by Gasteiger charge is -2.20. The normalized spacial score (nSPS) is 11.6. The van der Waals surface area contributed by atoms with Gasteiger partial charge in [-0.05, 0) is 34.7 Å². The first-order chi connectivity index (χ1) is 16.7. The number of nitrogens with zero attached hydrogens (tertiary/aromatic N) is 1. The van der Waals surface area contributed by atoms with E-state index in [9.17, 15) is 4.57 Å². The highest BCUT2D eigenvalue weighted by Crippen LogP contribution is 2.43. The fourth-order valence-corrected chi connectivity index (χ4v) is 7.35. The van der Waals surface area contributed by atoms with Crippen LogP contribution in [0.4, 0.5) is 0 Å². The van der Waals surface area contributed by atoms with Crippen LogP contribution in [0.5, 0.6) is 0 Å². The molecule has 5 aromatic carbocycles. The van der Waals surface area contributed by atoms with Crippen LogP contribution in [-0.2, 0) is 4.57 Å². The summed E-state index contributed by atoms with van der Waals surface area (Å²) in [7, 11) is -3.01. The molecular weight excluding hydrogens is 433 g/mol. The van der Waals surface area contributed by atoms with Gasteiger partial charge in [-0.3, -0.25) is 4.98 Å². The molecule has 1 heterocycles. The molecule has 0 saturated carbocycles. The fourth-order valence-electron chi connectivity index (χ4n) is 4.66. The van der Waals surface area contributed by atoms with E-state index in [4.69, 9.17) is 0 Å². The predicted octanol–water partition coefficient (Wildman–Crippen LogP) is 6.69. The molecule has 0 radical (unpaired) electrons. The van der Waals surface area contributed by atoms with Gasteiger partial charge in [-0.25, -0.2) is 0 Å². The van der Waals surface area contributed by atoms with Gasteiger partial charge in [-0.15, -0.1) is 0 Å². The molecule has 0 atom stereocenters. The molecular formula is C31H22NOP. The van der Waals surface area contributed by atoms with Crippen molar-refractivity contribution in [3.63, 3.8) is 0 Å². The van der Waals surface area contributed by atoms with Crippen LogP contribution in [0.2, 0.25) is 0 Å². The van der Waals surface area contributed by atoms with Crippen molar-refractivity contribution in [1.29, 1.82) is 0 Å². The second-order valence-corrected chi connectivity index (χ2v) is 11.2. The van der Waals surface area contributed by atoms with Gasteiger partial charge in [0.05, 0.1) is 5.52 Å². The lowest BCUT2D eigenvalue weighted by molar-refractivity contribution is 0.592. The van der Waals surface area contributed by atoms with E-state index >= 15 is 0 Å². The summed E-state index contributed by atoms with van der Waals surface area (Å²) in [5, 5.41) is 5.93. The number of hydrogen-bond donors (Lipinski definition) is 0. The number of fused-ring (bicyclic) bond motifs is 3. The Hall–Kier alpha value is -4.00. The lowest BCUT2D eigenvalue weighted by Crippen LogP contribution is -2.25. The van der Waals surface area contributed by atoms with Crippen LogP contribution >= 0.6 is 7.14 Å². The molecule has 0 unspecified atom stereocenters. The fraction of sp³-hybridized carbons (Fsp3) is 0. The Morgan fingerprint density at radius 1 is 0.500 bits per heavy atom. The first kappa shape index (κ1) is 20.6. The zero-order chi connectivity index (χ0) is 23.0. The minimum atomic E-state index is -3.01. The molecule has 6 aromatic rings. The molecule has 0 fully saturated rings. The minimum absolute atomic E-state index is 0.836. The van der Waals surface area contributed by atoms with Gasteiger partial charge in [0.1, 0.15) is 0 Å². The van der Waals surface area contributed by atoms with Crippen molar-refractivity contribution in [2.75, 3.05) is 0 Å². The van der Waals surface area contributed by atoms with Crippen LogP contribution < -0.4 is 15.9 Å². The molecule has 162 valence electrons. The Balaban J connectivity index is 1.51. The van der Waals surface area contributed by atoms with Crippen LogP contribution in [0.3, 0.4) is 0 Å². The maximum atomic E-state index is 14.8. The van der Waals surface area contributed by atoms with Crippen molar-refractivity contribution < 1.29 is 4.57 Å². The molecule has 0 bridgehead atoms. The average Bonchev–Trinajstić information content (AvgIpc) is 2.93. The van der Waals surface area contributed by atoms with E-state index in [-0.39, 0.29) is 0 Å². The van der Waals surface area contributed by atoms with E-state index in [1.54, 1.807) is 0 Å². The van der Waals surface area contributed by atoms with Crippen molar-refractivity contribution in [3.8, 4) is 11.1 Å². The van der Waals surface area contributed by atoms with E-state index in [1.165, 1.54) is 0 Å². The molecule has 0 amide bonds. The molecule has 0 aliphatic rings. The quantitative estimate of drug-likeness (QED) is 0.219. The summed E-state index contributed by atoms with van der Waals surface area (Å²) < 4.78 is 14.8. The zero-order valence-corrected chi connectivity index (χ0v) is 19.4. The van der Waals surface area contributed by atoms with Crippen LogP contribution in [0.15, 0.2) is 134 Å². The monoisotopic (exact) mass is 455 g/mol. The van der Waals surface area contributed by atoms with E-state index in [0.717, 1.165) is 48.7 Å². The summed E-state index contributed by atoms with van der Waals surface area (Å²) in [6.07, 6.45) is 1.84. The Labute approximate surface area is 198 Å². The van der Waals surface area contributed by atoms with E-state index in [0.29, 0.717) is 0 Å². The SMILES string of the molecule is O=P(c1ccccc1)(c1ccccc1)c1cccc(-c2ccc3c(ccc4cccnc43)c2)c1. The van der Waals surface area contributed by atoms with Crippen molar-refractivity contribution in [2.24, 2.45) is 0 Å². The van der Waals surface area contributed by atoms with Gasteiger partial charge in [0.15, 0.2) is 7.14 Å². The van der Waals surface area contributed by atoms with E-state index in [1.807, 2.05) is 85.1 Å². The Morgan fingerprint density at radius 2 is 1.15 bits per heavy atom. The van der Waals surface area contributed by atoms with Crippen LogP contribution in [-0.4, -0.2) is 4.98 Å². The Kier molecular flexibility index (Phi) is 5.09. The first-order valence-electron chi connectivity index (χ1n) is 11.3. The van der Waals surface area contributed by atoms with Crippen molar-refractivity contribution in [1.82, 2.24) is 4.98 Å². The number of benzene rings is 5. The van der Waals surface area contributed by atoms with Gasteiger partial charge in [0.2, 0.25) is 0 Å². The van der Waals surface area contributed by atoms with Gasteiger partial charge in [0, 0.05) is 32.9 Å². The highest BCUT2D eigenvalue weighted by atomic mass is 31.2. The molecule has 0 saturated heterocycles. The van der Waals surface area contributed by atoms with Crippen molar-refractivity contribution in [3.05, 3.63) is 134 Å². The van der Waals surface area contributed by atoms with E-state index in [2.05, 4.69) is 53.5 Å². The number of pyridine rings is 1. The molecule has 34 heavy (non-hydrogen) atoms. The predicted molar refractivity (Wildman–Crippen MR) is 144 cm³/mol. The van der Waals surface area contributed by atoms with Gasteiger partial charge < -0.3 is 4.57 Å². The zero-order valence-electron chi connectivity index (χ0n) is 18.5. The maximum absolute atomic E-state index is 14.8. The maximum Gasteiger partial charge on any atom is 0.171 e. The van der Waals surface area contributed by atoms with E-state index < -0.39 is 7.14 Å². The third-order valence-electron chi connectivity index (χ3n) is 6.37.